The molecule has 0 aliphatic carbocycles. The molecular formula is C15H17IN2O2S. The number of alkyl halides is 1. The Balaban J connectivity index is 1.62. The van der Waals surface area contributed by atoms with E-state index in [1.807, 2.05) is 35.2 Å². The highest BCUT2D eigenvalue weighted by atomic mass is 127. The number of fused-ring (bicyclic) bond motifs is 1. The van der Waals surface area contributed by atoms with Crippen LogP contribution in [0.5, 0.6) is 0 Å². The summed E-state index contributed by atoms with van der Waals surface area (Å²) in [5.74, 6) is -0.0478. The molecule has 2 aliphatic heterocycles. The summed E-state index contributed by atoms with van der Waals surface area (Å²) in [6, 6.07) is 9.22. The largest absolute Gasteiger partial charge is 0.341 e. The number of nitrogens with zero attached hydrogens (tertiary/aromatic N) is 1. The second kappa shape index (κ2) is 5.46. The van der Waals surface area contributed by atoms with Crippen LogP contribution in [-0.2, 0) is 16.0 Å². The van der Waals surface area contributed by atoms with Gasteiger partial charge in [0.05, 0.1) is 10.5 Å². The van der Waals surface area contributed by atoms with Gasteiger partial charge in [0.2, 0.25) is 11.8 Å². The molecule has 21 heavy (non-hydrogen) atoms. The van der Waals surface area contributed by atoms with E-state index in [0.717, 1.165) is 5.56 Å². The molecule has 1 aromatic carbocycles. The van der Waals surface area contributed by atoms with E-state index >= 15 is 0 Å². The molecule has 0 aromatic heterocycles. The fourth-order valence-corrected chi connectivity index (χ4v) is 5.48. The number of carbonyl (C=O) groups is 2. The van der Waals surface area contributed by atoms with Gasteiger partial charge in [0, 0.05) is 4.75 Å². The van der Waals surface area contributed by atoms with Crippen LogP contribution in [0, 0.1) is 0 Å². The lowest BCUT2D eigenvalue weighted by Crippen LogP contribution is -2.68. The van der Waals surface area contributed by atoms with Crippen molar-refractivity contribution in [3.8, 4) is 0 Å². The fraction of sp³-hybridized carbons (Fsp3) is 0.467. The van der Waals surface area contributed by atoms with Crippen molar-refractivity contribution in [2.24, 2.45) is 0 Å². The lowest BCUT2D eigenvalue weighted by atomic mass is 10.0. The van der Waals surface area contributed by atoms with E-state index in [2.05, 4.69) is 41.8 Å². The Morgan fingerprint density at radius 1 is 1.38 bits per heavy atom. The van der Waals surface area contributed by atoms with Gasteiger partial charge in [0.1, 0.15) is 11.4 Å². The SMILES string of the molecule is CC1(C)SC2[C@H](NC(=O)Cc3ccccc3)C(=O)N2C1I. The number of amides is 2. The zero-order chi connectivity index (χ0) is 15.2. The molecule has 4 nitrogen and oxygen atoms in total. The summed E-state index contributed by atoms with van der Waals surface area (Å²) in [7, 11) is 0. The van der Waals surface area contributed by atoms with Gasteiger partial charge in [-0.1, -0.05) is 52.9 Å². The van der Waals surface area contributed by atoms with Crippen LogP contribution in [0.1, 0.15) is 19.4 Å². The first-order valence-corrected chi connectivity index (χ1v) is 9.00. The second-order valence-corrected chi connectivity index (χ2v) is 8.85. The smallest absolute Gasteiger partial charge is 0.250 e. The maximum atomic E-state index is 12.2. The van der Waals surface area contributed by atoms with Crippen LogP contribution < -0.4 is 5.32 Å². The molecule has 2 saturated heterocycles. The monoisotopic (exact) mass is 416 g/mol. The van der Waals surface area contributed by atoms with Gasteiger partial charge in [-0.05, 0) is 19.4 Å². The zero-order valence-electron chi connectivity index (χ0n) is 11.9. The topological polar surface area (TPSA) is 49.4 Å². The molecule has 1 aromatic rings. The summed E-state index contributed by atoms with van der Waals surface area (Å²) in [5, 5.41) is 2.97. The predicted molar refractivity (Wildman–Crippen MR) is 92.2 cm³/mol. The first kappa shape index (κ1) is 15.1. The lowest BCUT2D eigenvalue weighted by molar-refractivity contribution is -0.148. The Kier molecular flexibility index (Phi) is 3.94. The summed E-state index contributed by atoms with van der Waals surface area (Å²) < 4.78 is 0.208. The summed E-state index contributed by atoms with van der Waals surface area (Å²) in [6.07, 6.45) is 0.319. The van der Waals surface area contributed by atoms with Crippen molar-refractivity contribution in [3.63, 3.8) is 0 Å². The van der Waals surface area contributed by atoms with E-state index in [0.29, 0.717) is 6.42 Å². The summed E-state index contributed by atoms with van der Waals surface area (Å²) in [4.78, 5) is 26.2. The van der Waals surface area contributed by atoms with Crippen molar-refractivity contribution in [2.75, 3.05) is 0 Å². The average molecular weight is 416 g/mol. The Bertz CT molecular complexity index is 578. The van der Waals surface area contributed by atoms with E-state index in [4.69, 9.17) is 0 Å². The standard InChI is InChI=1S/C15H17IN2O2S/c1-15(2)14(16)18-12(20)11(13(18)21-15)17-10(19)8-9-6-4-3-5-7-9/h3-7,11,13-14H,8H2,1-2H3,(H,17,19)/t11-,13?,14?/m1/s1. The van der Waals surface area contributed by atoms with Crippen molar-refractivity contribution in [3.05, 3.63) is 35.9 Å². The predicted octanol–water partition coefficient (Wildman–Crippen LogP) is 2.17. The van der Waals surface area contributed by atoms with E-state index in [1.165, 1.54) is 0 Å². The number of halogens is 1. The molecular weight excluding hydrogens is 399 g/mol. The number of thioether (sulfide) groups is 1. The number of hydrogen-bond acceptors (Lipinski definition) is 3. The normalized spacial score (nSPS) is 29.8. The number of rotatable bonds is 3. The van der Waals surface area contributed by atoms with Gasteiger partial charge in [-0.2, -0.15) is 0 Å². The van der Waals surface area contributed by atoms with Crippen LogP contribution in [0.2, 0.25) is 0 Å². The van der Waals surface area contributed by atoms with Gasteiger partial charge in [0.15, 0.2) is 0 Å². The number of β-lactam (4-membered cyclic amide) rings is 1. The van der Waals surface area contributed by atoms with Crippen LogP contribution in [0.3, 0.4) is 0 Å². The van der Waals surface area contributed by atoms with Crippen LogP contribution in [-0.4, -0.2) is 36.9 Å². The van der Waals surface area contributed by atoms with Crippen LogP contribution in [0.25, 0.3) is 0 Å². The van der Waals surface area contributed by atoms with E-state index in [-0.39, 0.29) is 32.0 Å². The molecule has 0 radical (unpaired) electrons. The number of carbonyl (C=O) groups excluding carboxylic acids is 2. The van der Waals surface area contributed by atoms with Crippen molar-refractivity contribution >= 4 is 46.2 Å². The summed E-state index contributed by atoms with van der Waals surface area (Å²) in [6.45, 7) is 4.28. The van der Waals surface area contributed by atoms with E-state index < -0.39 is 0 Å². The van der Waals surface area contributed by atoms with E-state index in [1.54, 1.807) is 11.8 Å². The first-order valence-electron chi connectivity index (χ1n) is 6.87. The van der Waals surface area contributed by atoms with Gasteiger partial charge in [-0.15, -0.1) is 11.8 Å². The molecule has 2 fully saturated rings. The van der Waals surface area contributed by atoms with Gasteiger partial charge >= 0.3 is 0 Å². The van der Waals surface area contributed by atoms with Gasteiger partial charge in [0.25, 0.3) is 0 Å². The molecule has 2 aliphatic rings. The highest BCUT2D eigenvalue weighted by Gasteiger charge is 2.60. The number of nitrogens with one attached hydrogen (secondary N) is 1. The van der Waals surface area contributed by atoms with Crippen molar-refractivity contribution in [2.45, 2.75) is 40.5 Å². The molecule has 0 bridgehead atoms. The maximum absolute atomic E-state index is 12.2. The highest BCUT2D eigenvalue weighted by molar-refractivity contribution is 14.1. The number of benzene rings is 1. The third-order valence-corrected chi connectivity index (χ3v) is 8.00. The fourth-order valence-electron chi connectivity index (χ4n) is 2.69. The molecule has 2 heterocycles. The highest BCUT2D eigenvalue weighted by Crippen LogP contribution is 2.52. The second-order valence-electron chi connectivity index (χ2n) is 5.90. The van der Waals surface area contributed by atoms with Crippen LogP contribution >= 0.6 is 34.4 Å². The maximum Gasteiger partial charge on any atom is 0.250 e. The molecule has 3 rings (SSSR count). The quantitative estimate of drug-likeness (QED) is 0.356. The Hall–Kier alpha value is -0.760. The minimum atomic E-state index is -0.370. The molecule has 6 heteroatoms. The Morgan fingerprint density at radius 3 is 2.71 bits per heavy atom. The minimum absolute atomic E-state index is 0.0276. The number of hydrogen-bond donors (Lipinski definition) is 1. The van der Waals surface area contributed by atoms with Crippen molar-refractivity contribution < 1.29 is 9.59 Å². The third-order valence-electron chi connectivity index (χ3n) is 3.85. The lowest BCUT2D eigenvalue weighted by Gasteiger charge is -2.43. The molecule has 1 N–H and O–H groups in total. The Morgan fingerprint density at radius 2 is 2.05 bits per heavy atom. The van der Waals surface area contributed by atoms with Gasteiger partial charge in [-0.3, -0.25) is 9.59 Å². The van der Waals surface area contributed by atoms with Crippen molar-refractivity contribution in [1.29, 1.82) is 0 Å². The molecule has 3 atom stereocenters. The zero-order valence-corrected chi connectivity index (χ0v) is 14.8. The summed E-state index contributed by atoms with van der Waals surface area (Å²) in [5.41, 5.74) is 0.963. The van der Waals surface area contributed by atoms with Crippen LogP contribution in [0.15, 0.2) is 30.3 Å². The van der Waals surface area contributed by atoms with Crippen molar-refractivity contribution in [1.82, 2.24) is 10.2 Å². The van der Waals surface area contributed by atoms with Gasteiger partial charge in [-0.25, -0.2) is 0 Å². The van der Waals surface area contributed by atoms with Crippen LogP contribution in [0.4, 0.5) is 0 Å². The van der Waals surface area contributed by atoms with Gasteiger partial charge < -0.3 is 10.2 Å². The molecule has 112 valence electrons. The summed E-state index contributed by atoms with van der Waals surface area (Å²) >= 11 is 4.09. The van der Waals surface area contributed by atoms with E-state index in [9.17, 15) is 9.59 Å². The Labute approximate surface area is 142 Å². The third kappa shape index (κ3) is 2.67. The molecule has 0 saturated carbocycles. The molecule has 2 unspecified atom stereocenters. The molecule has 2 amide bonds. The minimum Gasteiger partial charge on any atom is -0.341 e. The molecule has 0 spiro atoms. The first-order chi connectivity index (χ1) is 9.90. The average Bonchev–Trinajstić information content (AvgIpc) is 2.65.